The van der Waals surface area contributed by atoms with Crippen LogP contribution >= 0.6 is 0 Å². The van der Waals surface area contributed by atoms with E-state index in [0.29, 0.717) is 18.5 Å². The highest BCUT2D eigenvalue weighted by molar-refractivity contribution is 6.97. The van der Waals surface area contributed by atoms with Gasteiger partial charge in [-0.05, 0) is 40.9 Å². The Hall–Kier alpha value is -3.42. The maximum absolute atomic E-state index is 12.6. The molecule has 6 nitrogen and oxygen atoms in total. The van der Waals surface area contributed by atoms with Gasteiger partial charge in [0.2, 0.25) is 0 Å². The predicted octanol–water partition coefficient (Wildman–Crippen LogP) is 4.09. The van der Waals surface area contributed by atoms with Gasteiger partial charge in [0.1, 0.15) is 6.10 Å². The molecule has 0 unspecified atom stereocenters. The van der Waals surface area contributed by atoms with Crippen LogP contribution in [0.3, 0.4) is 0 Å². The van der Waals surface area contributed by atoms with Gasteiger partial charge in [0.05, 0.1) is 7.11 Å². The Morgan fingerprint density at radius 1 is 0.882 bits per heavy atom. The van der Waals surface area contributed by atoms with Crippen molar-refractivity contribution in [2.75, 3.05) is 12.4 Å². The summed E-state index contributed by atoms with van der Waals surface area (Å²) < 4.78 is 10.7. The summed E-state index contributed by atoms with van der Waals surface area (Å²) in [5.74, 6) is -0.411. The normalized spacial score (nSPS) is 12.9. The first-order valence-electron chi connectivity index (χ1n) is 11.4. The second-order valence-corrected chi connectivity index (χ2v) is 11.6. The van der Waals surface area contributed by atoms with Crippen LogP contribution in [0, 0.1) is 0 Å². The number of nitrogens with one attached hydrogen (secondary N) is 1. The minimum absolute atomic E-state index is 0.0170. The van der Waals surface area contributed by atoms with Crippen LogP contribution < -0.4 is 15.7 Å². The third-order valence-electron chi connectivity index (χ3n) is 5.96. The molecule has 7 heteroatoms. The lowest BCUT2D eigenvalue weighted by molar-refractivity contribution is -0.140. The number of carbonyl (C=O) groups is 2. The van der Waals surface area contributed by atoms with Crippen molar-refractivity contribution in [1.29, 1.82) is 0 Å². The summed E-state index contributed by atoms with van der Waals surface area (Å²) in [6.07, 6.45) is -0.193. The smallest absolute Gasteiger partial charge is 0.411 e. The van der Waals surface area contributed by atoms with E-state index in [2.05, 4.69) is 5.32 Å². The monoisotopic (exact) mass is 477 g/mol. The number of para-hydroxylation sites is 1. The molecule has 0 spiro atoms. The van der Waals surface area contributed by atoms with Gasteiger partial charge in [-0.25, -0.2) is 4.79 Å². The van der Waals surface area contributed by atoms with Crippen LogP contribution in [0.1, 0.15) is 26.2 Å². The van der Waals surface area contributed by atoms with Crippen LogP contribution in [0.15, 0.2) is 91.0 Å². The summed E-state index contributed by atoms with van der Waals surface area (Å²) in [5, 5.41) is 4.31. The van der Waals surface area contributed by atoms with Crippen LogP contribution in [0.4, 0.5) is 10.5 Å². The Labute approximate surface area is 201 Å². The van der Waals surface area contributed by atoms with Gasteiger partial charge in [0, 0.05) is 12.1 Å². The van der Waals surface area contributed by atoms with Crippen molar-refractivity contribution < 1.29 is 23.9 Å². The van der Waals surface area contributed by atoms with E-state index < -0.39 is 32.0 Å². The summed E-state index contributed by atoms with van der Waals surface area (Å²) in [7, 11) is -2.09. The van der Waals surface area contributed by atoms with E-state index in [1.807, 2.05) is 85.8 Å². The fourth-order valence-electron chi connectivity index (χ4n) is 4.14. The number of ether oxygens (including phenoxy) is 2. The lowest BCUT2D eigenvalue weighted by Crippen LogP contribution is -2.62. The summed E-state index contributed by atoms with van der Waals surface area (Å²) in [6, 6.07) is 28.0. The van der Waals surface area contributed by atoms with E-state index in [1.54, 1.807) is 12.1 Å². The fraction of sp³-hybridized carbons (Fsp3) is 0.259. The van der Waals surface area contributed by atoms with E-state index >= 15 is 0 Å². The van der Waals surface area contributed by atoms with Gasteiger partial charge in [0.25, 0.3) is 8.32 Å². The molecular formula is C27H31NO5Si. The van der Waals surface area contributed by atoms with Crippen LogP contribution in [-0.4, -0.2) is 38.4 Å². The second-order valence-electron chi connectivity index (χ2n) is 8.14. The lowest BCUT2D eigenvalue weighted by Gasteiger charge is -2.36. The van der Waals surface area contributed by atoms with Gasteiger partial charge in [-0.2, -0.15) is 0 Å². The van der Waals surface area contributed by atoms with Crippen molar-refractivity contribution in [1.82, 2.24) is 0 Å². The van der Waals surface area contributed by atoms with Gasteiger partial charge in [-0.15, -0.1) is 0 Å². The highest BCUT2D eigenvalue weighted by Crippen LogP contribution is 2.31. The third kappa shape index (κ3) is 6.33. The highest BCUT2D eigenvalue weighted by Gasteiger charge is 2.46. The zero-order valence-electron chi connectivity index (χ0n) is 19.5. The number of amides is 1. The molecule has 0 heterocycles. The molecule has 1 amide bonds. The van der Waals surface area contributed by atoms with Crippen molar-refractivity contribution in [2.45, 2.75) is 37.8 Å². The molecule has 34 heavy (non-hydrogen) atoms. The van der Waals surface area contributed by atoms with Crippen LogP contribution in [0.5, 0.6) is 0 Å². The number of hydrogen-bond donors (Lipinski definition) is 2. The molecule has 0 aliphatic rings. The molecule has 3 aromatic rings. The van der Waals surface area contributed by atoms with Crippen LogP contribution in [0.2, 0.25) is 5.54 Å². The number of benzene rings is 3. The average Bonchev–Trinajstić information content (AvgIpc) is 2.88. The number of esters is 1. The Morgan fingerprint density at radius 2 is 1.38 bits per heavy atom. The lowest BCUT2D eigenvalue weighted by atomic mass is 10.1. The van der Waals surface area contributed by atoms with Gasteiger partial charge < -0.3 is 14.3 Å². The SMILES string of the molecule is CC[C@H](C[C@H](CC(=O)OC)[Si](O)(c1ccccc1)c1ccccc1)OC(=O)Nc1ccccc1. The molecule has 3 aromatic carbocycles. The van der Waals surface area contributed by atoms with Crippen LogP contribution in [-0.2, 0) is 14.3 Å². The van der Waals surface area contributed by atoms with E-state index in [1.165, 1.54) is 7.11 Å². The maximum atomic E-state index is 12.6. The largest absolute Gasteiger partial charge is 0.469 e. The molecule has 0 radical (unpaired) electrons. The van der Waals surface area contributed by atoms with E-state index in [4.69, 9.17) is 9.47 Å². The minimum atomic E-state index is -3.43. The predicted molar refractivity (Wildman–Crippen MR) is 136 cm³/mol. The highest BCUT2D eigenvalue weighted by atomic mass is 28.4. The summed E-state index contributed by atoms with van der Waals surface area (Å²) in [6.45, 7) is 1.92. The van der Waals surface area contributed by atoms with Crippen molar-refractivity contribution in [3.8, 4) is 0 Å². The van der Waals surface area contributed by atoms with Crippen molar-refractivity contribution in [3.63, 3.8) is 0 Å². The molecule has 0 aliphatic carbocycles. The summed E-state index contributed by atoms with van der Waals surface area (Å²) in [5.41, 5.74) is 0.159. The molecule has 0 aliphatic heterocycles. The quantitative estimate of drug-likeness (QED) is 0.339. The maximum Gasteiger partial charge on any atom is 0.411 e. The Morgan fingerprint density at radius 3 is 1.85 bits per heavy atom. The number of carbonyl (C=O) groups excluding carboxylic acids is 2. The fourth-order valence-corrected chi connectivity index (χ4v) is 7.89. The van der Waals surface area contributed by atoms with Crippen molar-refractivity contribution >= 4 is 36.4 Å². The molecular weight excluding hydrogens is 446 g/mol. The molecule has 0 saturated carbocycles. The number of anilines is 1. The molecule has 178 valence electrons. The number of hydrogen-bond acceptors (Lipinski definition) is 5. The zero-order valence-corrected chi connectivity index (χ0v) is 20.5. The molecule has 2 N–H and O–H groups in total. The topological polar surface area (TPSA) is 84.9 Å². The Kier molecular flexibility index (Phi) is 9.01. The Bertz CT molecular complexity index is 1010. The third-order valence-corrected chi connectivity index (χ3v) is 10.0. The molecule has 2 atom stereocenters. The van der Waals surface area contributed by atoms with Crippen molar-refractivity contribution in [2.24, 2.45) is 0 Å². The summed E-state index contributed by atoms with van der Waals surface area (Å²) >= 11 is 0. The standard InChI is InChI=1S/C27H31NO5Si/c1-3-22(33-27(30)28-21-13-7-4-8-14-21)19-25(20-26(29)32-2)34(31,23-15-9-5-10-16-23)24-17-11-6-12-18-24/h4-18,22,25,31H,3,19-20H2,1-2H3,(H,28,30)/t22-,25-/m1/s1. The number of methoxy groups -OCH3 is 1. The van der Waals surface area contributed by atoms with E-state index in [0.717, 1.165) is 10.4 Å². The van der Waals surface area contributed by atoms with Crippen molar-refractivity contribution in [3.05, 3.63) is 91.0 Å². The van der Waals surface area contributed by atoms with E-state index in [9.17, 15) is 14.4 Å². The van der Waals surface area contributed by atoms with Crippen LogP contribution in [0.25, 0.3) is 0 Å². The Balaban J connectivity index is 1.91. The molecule has 3 rings (SSSR count). The molecule has 0 bridgehead atoms. The minimum Gasteiger partial charge on any atom is -0.469 e. The first-order valence-corrected chi connectivity index (χ1v) is 13.4. The molecule has 0 fully saturated rings. The van der Waals surface area contributed by atoms with Gasteiger partial charge in [0.15, 0.2) is 0 Å². The first-order chi connectivity index (χ1) is 16.5. The van der Waals surface area contributed by atoms with E-state index in [-0.39, 0.29) is 6.42 Å². The summed E-state index contributed by atoms with van der Waals surface area (Å²) in [4.78, 5) is 37.3. The van der Waals surface area contributed by atoms with Gasteiger partial charge in [-0.3, -0.25) is 10.1 Å². The van der Waals surface area contributed by atoms with Gasteiger partial charge >= 0.3 is 12.1 Å². The average molecular weight is 478 g/mol. The molecule has 0 aromatic heterocycles. The number of rotatable bonds is 10. The molecule has 0 saturated heterocycles. The van der Waals surface area contributed by atoms with Gasteiger partial charge in [-0.1, -0.05) is 85.8 Å². The zero-order chi connectivity index (χ0) is 24.4. The first kappa shape index (κ1) is 25.2. The second kappa shape index (κ2) is 12.2.